The Balaban J connectivity index is 1.59. The number of amides is 1. The number of fused-ring (bicyclic) bond motifs is 2. The lowest BCUT2D eigenvalue weighted by Gasteiger charge is -2.14. The first-order chi connectivity index (χ1) is 15.8. The molecule has 1 aliphatic rings. The third kappa shape index (κ3) is 3.71. The molecule has 4 aromatic rings. The molecule has 8 heteroatoms. The van der Waals surface area contributed by atoms with E-state index in [1.807, 2.05) is 45.9 Å². The van der Waals surface area contributed by atoms with Gasteiger partial charge < -0.3 is 23.7 Å². The lowest BCUT2D eigenvalue weighted by Crippen LogP contribution is -2.14. The van der Waals surface area contributed by atoms with Crippen molar-refractivity contribution < 1.29 is 23.2 Å². The van der Waals surface area contributed by atoms with E-state index in [1.165, 1.54) is 0 Å². The van der Waals surface area contributed by atoms with E-state index < -0.39 is 0 Å². The highest BCUT2D eigenvalue weighted by atomic mass is 16.5. The number of aromatic nitrogens is 2. The van der Waals surface area contributed by atoms with Gasteiger partial charge in [0.25, 0.3) is 11.6 Å². The van der Waals surface area contributed by atoms with E-state index in [2.05, 4.69) is 15.5 Å². The average Bonchev–Trinajstić information content (AvgIpc) is 3.43. The SMILES string of the molecule is CCOc1cc2c(cc1NC(=O)c1cc(-c3cc(C)oc3C)nc3onc(C)c13)OC(C)C2. The second kappa shape index (κ2) is 7.95. The van der Waals surface area contributed by atoms with Crippen LogP contribution in [0.15, 0.2) is 33.2 Å². The van der Waals surface area contributed by atoms with Gasteiger partial charge in [-0.2, -0.15) is 0 Å². The summed E-state index contributed by atoms with van der Waals surface area (Å²) in [6.07, 6.45) is 0.894. The van der Waals surface area contributed by atoms with Crippen molar-refractivity contribution in [2.24, 2.45) is 0 Å². The zero-order chi connectivity index (χ0) is 23.3. The summed E-state index contributed by atoms with van der Waals surface area (Å²) in [5.74, 6) is 2.52. The molecule has 0 radical (unpaired) electrons. The van der Waals surface area contributed by atoms with Gasteiger partial charge in [0.05, 0.1) is 34.6 Å². The Kier molecular flexibility index (Phi) is 5.08. The van der Waals surface area contributed by atoms with Crippen LogP contribution in [0, 0.1) is 20.8 Å². The number of pyridine rings is 1. The molecule has 0 saturated carbocycles. The van der Waals surface area contributed by atoms with Crippen molar-refractivity contribution in [3.05, 3.63) is 52.6 Å². The summed E-state index contributed by atoms with van der Waals surface area (Å²) >= 11 is 0. The van der Waals surface area contributed by atoms with Crippen LogP contribution in [0.25, 0.3) is 22.4 Å². The minimum absolute atomic E-state index is 0.0871. The van der Waals surface area contributed by atoms with Crippen LogP contribution in [0.2, 0.25) is 0 Å². The van der Waals surface area contributed by atoms with E-state index in [4.69, 9.17) is 18.4 Å². The van der Waals surface area contributed by atoms with E-state index in [0.29, 0.717) is 51.9 Å². The van der Waals surface area contributed by atoms with Crippen LogP contribution in [0.1, 0.15) is 47.0 Å². The third-order valence-electron chi connectivity index (χ3n) is 5.72. The number of nitrogens with one attached hydrogen (secondary N) is 1. The highest BCUT2D eigenvalue weighted by Crippen LogP contribution is 2.39. The van der Waals surface area contributed by atoms with Gasteiger partial charge in [-0.25, -0.2) is 4.98 Å². The fourth-order valence-electron chi connectivity index (χ4n) is 4.30. The number of ether oxygens (including phenoxy) is 2. The molecule has 170 valence electrons. The number of furan rings is 1. The predicted molar refractivity (Wildman–Crippen MR) is 123 cm³/mol. The Hall–Kier alpha value is -3.81. The average molecular weight is 447 g/mol. The topological polar surface area (TPSA) is 99.6 Å². The molecule has 8 nitrogen and oxygen atoms in total. The molecule has 5 rings (SSSR count). The predicted octanol–water partition coefficient (Wildman–Crippen LogP) is 5.38. The molecule has 0 aliphatic carbocycles. The number of carbonyl (C=O) groups is 1. The number of aryl methyl sites for hydroxylation is 3. The van der Waals surface area contributed by atoms with Gasteiger partial charge in [-0.15, -0.1) is 0 Å². The monoisotopic (exact) mass is 447 g/mol. The van der Waals surface area contributed by atoms with Crippen LogP contribution in [-0.4, -0.2) is 28.8 Å². The number of benzene rings is 1. The van der Waals surface area contributed by atoms with E-state index >= 15 is 0 Å². The van der Waals surface area contributed by atoms with E-state index in [0.717, 1.165) is 29.1 Å². The lowest BCUT2D eigenvalue weighted by molar-refractivity contribution is 0.102. The summed E-state index contributed by atoms with van der Waals surface area (Å²) in [4.78, 5) is 18.1. The fourth-order valence-corrected chi connectivity index (χ4v) is 4.30. The van der Waals surface area contributed by atoms with Gasteiger partial charge in [0, 0.05) is 23.6 Å². The van der Waals surface area contributed by atoms with Crippen LogP contribution in [-0.2, 0) is 6.42 Å². The van der Waals surface area contributed by atoms with Crippen LogP contribution >= 0.6 is 0 Å². The molecule has 1 unspecified atom stereocenters. The Bertz CT molecular complexity index is 1380. The molecule has 4 heterocycles. The van der Waals surface area contributed by atoms with Crippen molar-refractivity contribution in [1.82, 2.24) is 10.1 Å². The summed E-state index contributed by atoms with van der Waals surface area (Å²) in [6.45, 7) is 9.92. The number of carbonyl (C=O) groups excluding carboxylic acids is 1. The molecule has 33 heavy (non-hydrogen) atoms. The maximum atomic E-state index is 13.5. The summed E-state index contributed by atoms with van der Waals surface area (Å²) < 4.78 is 22.8. The fraction of sp³-hybridized carbons (Fsp3) is 0.320. The van der Waals surface area contributed by atoms with Crippen LogP contribution in [0.4, 0.5) is 5.69 Å². The van der Waals surface area contributed by atoms with Gasteiger partial charge in [0.15, 0.2) is 0 Å². The molecule has 0 spiro atoms. The molecule has 0 fully saturated rings. The third-order valence-corrected chi connectivity index (χ3v) is 5.72. The largest absolute Gasteiger partial charge is 0.492 e. The quantitative estimate of drug-likeness (QED) is 0.438. The number of rotatable bonds is 5. The zero-order valence-corrected chi connectivity index (χ0v) is 19.2. The van der Waals surface area contributed by atoms with Gasteiger partial charge in [0.2, 0.25) is 0 Å². The Morgan fingerprint density at radius 1 is 1.21 bits per heavy atom. The molecule has 1 atom stereocenters. The number of hydrogen-bond acceptors (Lipinski definition) is 7. The second-order valence-electron chi connectivity index (χ2n) is 8.31. The smallest absolute Gasteiger partial charge is 0.259 e. The molecule has 1 amide bonds. The van der Waals surface area contributed by atoms with Crippen molar-refractivity contribution in [3.8, 4) is 22.8 Å². The van der Waals surface area contributed by atoms with Gasteiger partial charge >= 0.3 is 0 Å². The van der Waals surface area contributed by atoms with E-state index in [1.54, 1.807) is 13.0 Å². The van der Waals surface area contributed by atoms with Gasteiger partial charge in [-0.3, -0.25) is 4.79 Å². The Labute approximate surface area is 190 Å². The first-order valence-electron chi connectivity index (χ1n) is 11.0. The van der Waals surface area contributed by atoms with E-state index in [9.17, 15) is 4.79 Å². The molecular weight excluding hydrogens is 422 g/mol. The van der Waals surface area contributed by atoms with Crippen LogP contribution < -0.4 is 14.8 Å². The standard InChI is InChI=1S/C25H25N3O5/c1-6-30-22-9-16-7-12(2)32-21(16)11-20(22)26-24(29)18-10-19(17-8-13(3)31-15(17)5)27-25-23(18)14(4)28-33-25/h8-12H,6-7H2,1-5H3,(H,26,29). The van der Waals surface area contributed by atoms with Crippen LogP contribution in [0.3, 0.4) is 0 Å². The molecular formula is C25H25N3O5. The highest BCUT2D eigenvalue weighted by molar-refractivity contribution is 6.13. The maximum Gasteiger partial charge on any atom is 0.259 e. The molecule has 1 N–H and O–H groups in total. The summed E-state index contributed by atoms with van der Waals surface area (Å²) in [7, 11) is 0. The van der Waals surface area contributed by atoms with Gasteiger partial charge in [-0.05, 0) is 52.8 Å². The lowest BCUT2D eigenvalue weighted by atomic mass is 10.0. The van der Waals surface area contributed by atoms with E-state index in [-0.39, 0.29) is 12.0 Å². The number of nitrogens with zero attached hydrogens (tertiary/aromatic N) is 2. The summed E-state index contributed by atoms with van der Waals surface area (Å²) in [5.41, 5.74) is 4.28. The van der Waals surface area contributed by atoms with Crippen LogP contribution in [0.5, 0.6) is 11.5 Å². The Morgan fingerprint density at radius 2 is 2.03 bits per heavy atom. The first-order valence-corrected chi connectivity index (χ1v) is 11.0. The first kappa shape index (κ1) is 21.1. The summed E-state index contributed by atoms with van der Waals surface area (Å²) in [6, 6.07) is 7.39. The molecule has 1 aromatic carbocycles. The zero-order valence-electron chi connectivity index (χ0n) is 19.2. The molecule has 3 aromatic heterocycles. The number of hydrogen-bond donors (Lipinski definition) is 1. The second-order valence-corrected chi connectivity index (χ2v) is 8.31. The van der Waals surface area contributed by atoms with Crippen molar-refractivity contribution >= 4 is 22.7 Å². The van der Waals surface area contributed by atoms with Crippen molar-refractivity contribution in [3.63, 3.8) is 0 Å². The minimum Gasteiger partial charge on any atom is -0.492 e. The van der Waals surface area contributed by atoms with Crippen molar-refractivity contribution in [2.45, 2.75) is 47.1 Å². The van der Waals surface area contributed by atoms with Crippen molar-refractivity contribution in [1.29, 1.82) is 0 Å². The van der Waals surface area contributed by atoms with Gasteiger partial charge in [-0.1, -0.05) is 5.16 Å². The molecule has 0 saturated heterocycles. The minimum atomic E-state index is -0.320. The van der Waals surface area contributed by atoms with Gasteiger partial charge in [0.1, 0.15) is 29.1 Å². The molecule has 1 aliphatic heterocycles. The maximum absolute atomic E-state index is 13.5. The Morgan fingerprint density at radius 3 is 2.76 bits per heavy atom. The number of anilines is 1. The normalized spacial score (nSPS) is 14.9. The molecule has 0 bridgehead atoms. The highest BCUT2D eigenvalue weighted by Gasteiger charge is 2.25. The van der Waals surface area contributed by atoms with Crippen molar-refractivity contribution in [2.75, 3.05) is 11.9 Å². The summed E-state index contributed by atoms with van der Waals surface area (Å²) in [5, 5.41) is 7.59.